The Labute approximate surface area is 65.0 Å². The summed E-state index contributed by atoms with van der Waals surface area (Å²) in [5.41, 5.74) is 0. The van der Waals surface area contributed by atoms with Gasteiger partial charge in [-0.15, -0.1) is 0 Å². The maximum atomic E-state index is 12.4. The second-order valence-corrected chi connectivity index (χ2v) is 2.47. The predicted octanol–water partition coefficient (Wildman–Crippen LogP) is 2.01. The molecule has 11 heavy (non-hydrogen) atoms. The Morgan fingerprint density at radius 3 is 2.73 bits per heavy atom. The van der Waals surface area contributed by atoms with E-state index in [1.165, 1.54) is 6.07 Å². The second-order valence-electron chi connectivity index (χ2n) is 2.47. The van der Waals surface area contributed by atoms with E-state index in [4.69, 9.17) is 4.74 Å². The summed E-state index contributed by atoms with van der Waals surface area (Å²) in [5, 5.41) is 0. The van der Waals surface area contributed by atoms with Crippen LogP contribution in [0.3, 0.4) is 0 Å². The molecule has 0 aliphatic rings. The number of rotatable bonds is 2. The van der Waals surface area contributed by atoms with E-state index in [2.05, 4.69) is 4.98 Å². The number of halogens is 1. The fourth-order valence-corrected chi connectivity index (χ4v) is 0.697. The van der Waals surface area contributed by atoms with Gasteiger partial charge in [-0.25, -0.2) is 0 Å². The van der Waals surface area contributed by atoms with E-state index in [1.54, 1.807) is 12.1 Å². The van der Waals surface area contributed by atoms with Crippen LogP contribution in [-0.2, 0) is 0 Å². The summed E-state index contributed by atoms with van der Waals surface area (Å²) in [5.74, 6) is -0.178. The first kappa shape index (κ1) is 7.98. The Morgan fingerprint density at radius 1 is 1.45 bits per heavy atom. The van der Waals surface area contributed by atoms with Crippen LogP contribution in [0, 0.1) is 5.95 Å². The van der Waals surface area contributed by atoms with Gasteiger partial charge in [-0.3, -0.25) is 0 Å². The molecule has 3 heteroatoms. The van der Waals surface area contributed by atoms with E-state index in [0.717, 1.165) is 0 Å². The average molecular weight is 155 g/mol. The quantitative estimate of drug-likeness (QED) is 0.609. The normalized spacial score (nSPS) is 10.2. The smallest absolute Gasteiger partial charge is 0.216 e. The first-order chi connectivity index (χ1) is 5.18. The molecule has 0 N–H and O–H groups in total. The van der Waals surface area contributed by atoms with Crippen molar-refractivity contribution in [1.29, 1.82) is 0 Å². The third kappa shape index (κ3) is 2.53. The van der Waals surface area contributed by atoms with Gasteiger partial charge in [-0.1, -0.05) is 6.07 Å². The summed E-state index contributed by atoms with van der Waals surface area (Å²) in [4.78, 5) is 3.52. The summed E-state index contributed by atoms with van der Waals surface area (Å²) < 4.78 is 17.6. The molecular weight excluding hydrogens is 145 g/mol. The Balaban J connectivity index is 2.71. The van der Waals surface area contributed by atoms with Crippen LogP contribution in [0.4, 0.5) is 4.39 Å². The maximum Gasteiger partial charge on any atom is 0.216 e. The molecule has 0 unspecified atom stereocenters. The molecule has 1 heterocycles. The van der Waals surface area contributed by atoms with Crippen molar-refractivity contribution in [3.8, 4) is 5.88 Å². The number of ether oxygens (including phenoxy) is 1. The standard InChI is InChI=1S/C8H10FNO/c1-6(2)11-8-5-3-4-7(9)10-8/h3-6H,1-2H3. The highest BCUT2D eigenvalue weighted by molar-refractivity contribution is 5.10. The number of nitrogens with zero attached hydrogens (tertiary/aromatic N) is 1. The molecule has 0 aliphatic heterocycles. The van der Waals surface area contributed by atoms with E-state index in [0.29, 0.717) is 5.88 Å². The topological polar surface area (TPSA) is 22.1 Å². The fourth-order valence-electron chi connectivity index (χ4n) is 0.697. The molecule has 0 bridgehead atoms. The van der Waals surface area contributed by atoms with E-state index in [9.17, 15) is 4.39 Å². The Kier molecular flexibility index (Phi) is 2.41. The van der Waals surface area contributed by atoms with Crippen LogP contribution in [0.2, 0.25) is 0 Å². The maximum absolute atomic E-state index is 12.4. The zero-order chi connectivity index (χ0) is 8.27. The minimum Gasteiger partial charge on any atom is -0.475 e. The number of hydrogen-bond donors (Lipinski definition) is 0. The molecule has 0 fully saturated rings. The van der Waals surface area contributed by atoms with E-state index in [-0.39, 0.29) is 6.10 Å². The van der Waals surface area contributed by atoms with Crippen molar-refractivity contribution in [2.75, 3.05) is 0 Å². The largest absolute Gasteiger partial charge is 0.475 e. The van der Waals surface area contributed by atoms with Gasteiger partial charge < -0.3 is 4.74 Å². The summed E-state index contributed by atoms with van der Waals surface area (Å²) in [7, 11) is 0. The third-order valence-electron chi connectivity index (χ3n) is 1.05. The van der Waals surface area contributed by atoms with Crippen LogP contribution in [0.15, 0.2) is 18.2 Å². The highest BCUT2D eigenvalue weighted by Gasteiger charge is 1.98. The van der Waals surface area contributed by atoms with Gasteiger partial charge in [-0.2, -0.15) is 9.37 Å². The molecule has 0 aromatic carbocycles. The zero-order valence-electron chi connectivity index (χ0n) is 6.54. The van der Waals surface area contributed by atoms with Crippen LogP contribution >= 0.6 is 0 Å². The molecule has 0 saturated heterocycles. The van der Waals surface area contributed by atoms with Gasteiger partial charge in [0.15, 0.2) is 0 Å². The molecule has 2 nitrogen and oxygen atoms in total. The molecule has 60 valence electrons. The van der Waals surface area contributed by atoms with Crippen LogP contribution in [0.5, 0.6) is 5.88 Å². The van der Waals surface area contributed by atoms with Gasteiger partial charge in [0.2, 0.25) is 11.8 Å². The van der Waals surface area contributed by atoms with Gasteiger partial charge in [0.1, 0.15) is 0 Å². The average Bonchev–Trinajstić information content (AvgIpc) is 1.85. The van der Waals surface area contributed by atoms with Crippen molar-refractivity contribution in [1.82, 2.24) is 4.98 Å². The van der Waals surface area contributed by atoms with E-state index >= 15 is 0 Å². The van der Waals surface area contributed by atoms with Gasteiger partial charge in [0, 0.05) is 6.07 Å². The van der Waals surface area contributed by atoms with Crippen LogP contribution in [0.1, 0.15) is 13.8 Å². The van der Waals surface area contributed by atoms with Crippen LogP contribution in [-0.4, -0.2) is 11.1 Å². The molecule has 0 amide bonds. The van der Waals surface area contributed by atoms with Gasteiger partial charge in [0.25, 0.3) is 0 Å². The van der Waals surface area contributed by atoms with Gasteiger partial charge in [0.05, 0.1) is 6.10 Å². The molecule has 1 aromatic heterocycles. The monoisotopic (exact) mass is 155 g/mol. The zero-order valence-corrected chi connectivity index (χ0v) is 6.54. The molecule has 1 aromatic rings. The minimum atomic E-state index is -0.511. The number of pyridine rings is 1. The van der Waals surface area contributed by atoms with Crippen molar-refractivity contribution < 1.29 is 9.13 Å². The Morgan fingerprint density at radius 2 is 2.18 bits per heavy atom. The highest BCUT2D eigenvalue weighted by atomic mass is 19.1. The summed E-state index contributed by atoms with van der Waals surface area (Å²) in [6, 6.07) is 4.48. The van der Waals surface area contributed by atoms with E-state index in [1.807, 2.05) is 13.8 Å². The van der Waals surface area contributed by atoms with Crippen molar-refractivity contribution in [2.45, 2.75) is 20.0 Å². The second kappa shape index (κ2) is 3.32. The lowest BCUT2D eigenvalue weighted by Gasteiger charge is -2.07. The van der Waals surface area contributed by atoms with Crippen LogP contribution in [0.25, 0.3) is 0 Å². The minimum absolute atomic E-state index is 0.0318. The lowest BCUT2D eigenvalue weighted by molar-refractivity contribution is 0.229. The van der Waals surface area contributed by atoms with Gasteiger partial charge >= 0.3 is 0 Å². The van der Waals surface area contributed by atoms with Crippen LogP contribution < -0.4 is 4.74 Å². The first-order valence-electron chi connectivity index (χ1n) is 3.47. The molecule has 1 rings (SSSR count). The lowest BCUT2D eigenvalue weighted by atomic mass is 10.4. The van der Waals surface area contributed by atoms with Crippen molar-refractivity contribution in [3.05, 3.63) is 24.1 Å². The van der Waals surface area contributed by atoms with Crippen molar-refractivity contribution >= 4 is 0 Å². The Bertz CT molecular complexity index is 237. The molecule has 0 atom stereocenters. The van der Waals surface area contributed by atoms with Crippen molar-refractivity contribution in [3.63, 3.8) is 0 Å². The fraction of sp³-hybridized carbons (Fsp3) is 0.375. The summed E-state index contributed by atoms with van der Waals surface area (Å²) in [6.45, 7) is 3.74. The highest BCUT2D eigenvalue weighted by Crippen LogP contribution is 2.07. The molecule has 0 spiro atoms. The lowest BCUT2D eigenvalue weighted by Crippen LogP contribution is -2.06. The van der Waals surface area contributed by atoms with Crippen molar-refractivity contribution in [2.24, 2.45) is 0 Å². The Hall–Kier alpha value is -1.12. The molecular formula is C8H10FNO. The number of hydrogen-bond acceptors (Lipinski definition) is 2. The third-order valence-corrected chi connectivity index (χ3v) is 1.05. The molecule has 0 saturated carbocycles. The summed E-state index contributed by atoms with van der Waals surface area (Å²) in [6.07, 6.45) is 0.0318. The van der Waals surface area contributed by atoms with Gasteiger partial charge in [-0.05, 0) is 19.9 Å². The SMILES string of the molecule is CC(C)Oc1cccc(F)n1. The first-order valence-corrected chi connectivity index (χ1v) is 3.47. The molecule has 0 aliphatic carbocycles. The number of aromatic nitrogens is 1. The summed E-state index contributed by atoms with van der Waals surface area (Å²) >= 11 is 0. The predicted molar refractivity (Wildman–Crippen MR) is 40.0 cm³/mol. The van der Waals surface area contributed by atoms with E-state index < -0.39 is 5.95 Å². The molecule has 0 radical (unpaired) electrons.